The Bertz CT molecular complexity index is 917. The zero-order chi connectivity index (χ0) is 17.1. The summed E-state index contributed by atoms with van der Waals surface area (Å²) in [5.41, 5.74) is 0.556. The van der Waals surface area contributed by atoms with Crippen LogP contribution in [0.5, 0.6) is 0 Å². The number of esters is 1. The van der Waals surface area contributed by atoms with Crippen molar-refractivity contribution < 1.29 is 14.3 Å². The van der Waals surface area contributed by atoms with Crippen LogP contribution in [0.15, 0.2) is 54.6 Å². The Kier molecular flexibility index (Phi) is 4.47. The first-order chi connectivity index (χ1) is 11.6. The molecule has 4 nitrogen and oxygen atoms in total. The molecule has 3 aromatic carbocycles. The topological polar surface area (TPSA) is 55.4 Å². The summed E-state index contributed by atoms with van der Waals surface area (Å²) in [6.07, 6.45) is 0. The van der Waals surface area contributed by atoms with E-state index in [2.05, 4.69) is 5.32 Å². The highest BCUT2D eigenvalue weighted by Gasteiger charge is 2.19. The Hall–Kier alpha value is -2.88. The molecule has 0 aromatic heterocycles. The number of amides is 1. The van der Waals surface area contributed by atoms with Crippen LogP contribution >= 0.6 is 0 Å². The van der Waals surface area contributed by atoms with Gasteiger partial charge in [0.25, 0.3) is 5.91 Å². The van der Waals surface area contributed by atoms with E-state index < -0.39 is 12.0 Å². The van der Waals surface area contributed by atoms with Gasteiger partial charge in [-0.05, 0) is 41.5 Å². The van der Waals surface area contributed by atoms with Crippen LogP contribution in [0.4, 0.5) is 0 Å². The van der Waals surface area contributed by atoms with Gasteiger partial charge in [0, 0.05) is 5.56 Å². The average molecular weight is 321 g/mol. The first-order valence-electron chi connectivity index (χ1n) is 7.99. The van der Waals surface area contributed by atoms with Crippen LogP contribution in [0.1, 0.15) is 24.2 Å². The summed E-state index contributed by atoms with van der Waals surface area (Å²) in [4.78, 5) is 24.5. The molecule has 0 aliphatic rings. The van der Waals surface area contributed by atoms with Gasteiger partial charge in [0.1, 0.15) is 6.04 Å². The van der Waals surface area contributed by atoms with Gasteiger partial charge in [-0.1, -0.05) is 48.5 Å². The van der Waals surface area contributed by atoms with Gasteiger partial charge in [-0.3, -0.25) is 4.79 Å². The van der Waals surface area contributed by atoms with Gasteiger partial charge in [-0.25, -0.2) is 4.79 Å². The van der Waals surface area contributed by atoms with Crippen molar-refractivity contribution in [3.05, 3.63) is 60.2 Å². The molecular weight excluding hydrogens is 302 g/mol. The Labute approximate surface area is 140 Å². The van der Waals surface area contributed by atoms with Gasteiger partial charge in [0.05, 0.1) is 6.61 Å². The molecule has 122 valence electrons. The fourth-order valence-electron chi connectivity index (χ4n) is 2.84. The SMILES string of the molecule is CCOC(=O)C(C)NC(=O)c1cc2ccccc2c2ccccc12. The van der Waals surface area contributed by atoms with E-state index in [-0.39, 0.29) is 12.5 Å². The van der Waals surface area contributed by atoms with Gasteiger partial charge < -0.3 is 10.1 Å². The molecule has 0 radical (unpaired) electrons. The number of rotatable bonds is 4. The predicted molar refractivity (Wildman–Crippen MR) is 95.0 cm³/mol. The van der Waals surface area contributed by atoms with Gasteiger partial charge in [0.15, 0.2) is 0 Å². The zero-order valence-electron chi connectivity index (χ0n) is 13.7. The lowest BCUT2D eigenvalue weighted by Gasteiger charge is -2.15. The van der Waals surface area contributed by atoms with E-state index in [1.807, 2.05) is 54.6 Å². The summed E-state index contributed by atoms with van der Waals surface area (Å²) in [5.74, 6) is -0.714. The maximum atomic E-state index is 12.7. The van der Waals surface area contributed by atoms with Crippen LogP contribution in [-0.2, 0) is 9.53 Å². The number of nitrogens with one attached hydrogen (secondary N) is 1. The number of hydrogen-bond donors (Lipinski definition) is 1. The standard InChI is InChI=1S/C20H19NO3/c1-3-24-20(23)13(2)21-19(22)18-12-14-8-4-5-9-15(14)16-10-6-7-11-17(16)18/h4-13H,3H2,1-2H3,(H,21,22). The zero-order valence-corrected chi connectivity index (χ0v) is 13.7. The molecule has 0 bridgehead atoms. The van der Waals surface area contributed by atoms with E-state index in [4.69, 9.17) is 4.74 Å². The van der Waals surface area contributed by atoms with Crippen molar-refractivity contribution in [2.45, 2.75) is 19.9 Å². The summed E-state index contributed by atoms with van der Waals surface area (Å²) in [5, 5.41) is 6.70. The molecule has 0 aliphatic heterocycles. The third-order valence-corrected chi connectivity index (χ3v) is 4.00. The highest BCUT2D eigenvalue weighted by atomic mass is 16.5. The summed E-state index contributed by atoms with van der Waals surface area (Å²) in [6, 6.07) is 16.9. The van der Waals surface area contributed by atoms with Crippen molar-refractivity contribution in [1.82, 2.24) is 5.32 Å². The lowest BCUT2D eigenvalue weighted by Crippen LogP contribution is -2.39. The van der Waals surface area contributed by atoms with E-state index in [1.165, 1.54) is 0 Å². The molecule has 24 heavy (non-hydrogen) atoms. The van der Waals surface area contributed by atoms with Crippen LogP contribution in [0, 0.1) is 0 Å². The lowest BCUT2D eigenvalue weighted by atomic mass is 9.97. The average Bonchev–Trinajstić information content (AvgIpc) is 2.61. The normalized spacial score (nSPS) is 12.1. The maximum Gasteiger partial charge on any atom is 0.328 e. The molecule has 0 spiro atoms. The Morgan fingerprint density at radius 1 is 1.00 bits per heavy atom. The molecule has 1 unspecified atom stereocenters. The smallest absolute Gasteiger partial charge is 0.328 e. The predicted octanol–water partition coefficient (Wildman–Crippen LogP) is 3.67. The van der Waals surface area contributed by atoms with Gasteiger partial charge >= 0.3 is 5.97 Å². The number of ether oxygens (including phenoxy) is 1. The number of carbonyl (C=O) groups is 2. The first kappa shape index (κ1) is 16.0. The lowest BCUT2D eigenvalue weighted by molar-refractivity contribution is -0.144. The molecule has 0 fully saturated rings. The minimum Gasteiger partial charge on any atom is -0.464 e. The third kappa shape index (κ3) is 2.95. The summed E-state index contributed by atoms with van der Waals surface area (Å²) in [6.45, 7) is 3.65. The molecule has 0 heterocycles. The third-order valence-electron chi connectivity index (χ3n) is 4.00. The van der Waals surface area contributed by atoms with E-state index in [1.54, 1.807) is 13.8 Å². The summed E-state index contributed by atoms with van der Waals surface area (Å²) >= 11 is 0. The highest BCUT2D eigenvalue weighted by molar-refractivity contribution is 6.17. The van der Waals surface area contributed by atoms with Crippen molar-refractivity contribution in [3.8, 4) is 0 Å². The number of hydrogen-bond acceptors (Lipinski definition) is 3. The van der Waals surface area contributed by atoms with Crippen LogP contribution in [-0.4, -0.2) is 24.5 Å². The van der Waals surface area contributed by atoms with Crippen LogP contribution in [0.3, 0.4) is 0 Å². The Morgan fingerprint density at radius 2 is 1.62 bits per heavy atom. The molecule has 1 atom stereocenters. The van der Waals surface area contributed by atoms with Gasteiger partial charge in [-0.2, -0.15) is 0 Å². The summed E-state index contributed by atoms with van der Waals surface area (Å²) in [7, 11) is 0. The molecular formula is C20H19NO3. The second-order valence-electron chi connectivity index (χ2n) is 5.64. The monoisotopic (exact) mass is 321 g/mol. The number of carbonyl (C=O) groups excluding carboxylic acids is 2. The molecule has 3 rings (SSSR count). The second-order valence-corrected chi connectivity index (χ2v) is 5.64. The Balaban J connectivity index is 2.04. The largest absolute Gasteiger partial charge is 0.464 e. The molecule has 1 amide bonds. The van der Waals surface area contributed by atoms with Gasteiger partial charge in [-0.15, -0.1) is 0 Å². The first-order valence-corrected chi connectivity index (χ1v) is 7.99. The van der Waals surface area contributed by atoms with Crippen LogP contribution in [0.25, 0.3) is 21.5 Å². The fourth-order valence-corrected chi connectivity index (χ4v) is 2.84. The van der Waals surface area contributed by atoms with Crippen LogP contribution < -0.4 is 5.32 Å². The van der Waals surface area contributed by atoms with Crippen molar-refractivity contribution in [2.75, 3.05) is 6.61 Å². The molecule has 1 N–H and O–H groups in total. The second kappa shape index (κ2) is 6.71. The van der Waals surface area contributed by atoms with Crippen LogP contribution in [0.2, 0.25) is 0 Å². The molecule has 4 heteroatoms. The summed E-state index contributed by atoms with van der Waals surface area (Å²) < 4.78 is 4.94. The van der Waals surface area contributed by atoms with E-state index >= 15 is 0 Å². The minimum absolute atomic E-state index is 0.280. The van der Waals surface area contributed by atoms with E-state index in [0.29, 0.717) is 5.56 Å². The van der Waals surface area contributed by atoms with Crippen molar-refractivity contribution in [2.24, 2.45) is 0 Å². The Morgan fingerprint density at radius 3 is 2.33 bits per heavy atom. The molecule has 3 aromatic rings. The van der Waals surface area contributed by atoms with E-state index in [0.717, 1.165) is 21.5 Å². The maximum absolute atomic E-state index is 12.7. The molecule has 0 saturated heterocycles. The quantitative estimate of drug-likeness (QED) is 0.589. The molecule has 0 aliphatic carbocycles. The minimum atomic E-state index is -0.692. The fraction of sp³-hybridized carbons (Fsp3) is 0.200. The van der Waals surface area contributed by atoms with Crippen molar-refractivity contribution >= 4 is 33.4 Å². The van der Waals surface area contributed by atoms with E-state index in [9.17, 15) is 9.59 Å². The molecule has 0 saturated carbocycles. The van der Waals surface area contributed by atoms with Gasteiger partial charge in [0.2, 0.25) is 0 Å². The highest BCUT2D eigenvalue weighted by Crippen LogP contribution is 2.28. The van der Waals surface area contributed by atoms with Crippen molar-refractivity contribution in [1.29, 1.82) is 0 Å². The number of benzene rings is 3. The van der Waals surface area contributed by atoms with Crippen molar-refractivity contribution in [3.63, 3.8) is 0 Å². The number of fused-ring (bicyclic) bond motifs is 3.